The third-order valence-electron chi connectivity index (χ3n) is 2.74. The molecule has 0 radical (unpaired) electrons. The van der Waals surface area contributed by atoms with Crippen LogP contribution in [0.15, 0.2) is 18.2 Å². The smallest absolute Gasteiger partial charge is 0.339 e. The number of anilines is 1. The lowest BCUT2D eigenvalue weighted by molar-refractivity contribution is 0.0693. The molecule has 0 bridgehead atoms. The predicted molar refractivity (Wildman–Crippen MR) is 73.4 cm³/mol. The SMILES string of the molecule is CCCc1nc(C(=O)Nc2cccc(C(=O)O)c2O)n[nH]1. The van der Waals surface area contributed by atoms with Crippen molar-refractivity contribution in [3.8, 4) is 5.75 Å². The van der Waals surface area contributed by atoms with Gasteiger partial charge in [0.2, 0.25) is 5.82 Å². The highest BCUT2D eigenvalue weighted by atomic mass is 16.4. The van der Waals surface area contributed by atoms with Crippen molar-refractivity contribution >= 4 is 17.6 Å². The van der Waals surface area contributed by atoms with Crippen LogP contribution in [0.5, 0.6) is 5.75 Å². The number of nitrogens with zero attached hydrogens (tertiary/aromatic N) is 2. The Hall–Kier alpha value is -2.90. The minimum Gasteiger partial charge on any atom is -0.505 e. The Balaban J connectivity index is 2.19. The Labute approximate surface area is 119 Å². The fourth-order valence-electron chi connectivity index (χ4n) is 1.74. The number of aromatic nitrogens is 3. The molecule has 0 saturated carbocycles. The summed E-state index contributed by atoms with van der Waals surface area (Å²) < 4.78 is 0. The highest BCUT2D eigenvalue weighted by Crippen LogP contribution is 2.27. The number of carbonyl (C=O) groups excluding carboxylic acids is 1. The number of carbonyl (C=O) groups is 2. The average molecular weight is 290 g/mol. The highest BCUT2D eigenvalue weighted by molar-refractivity contribution is 6.04. The molecule has 8 nitrogen and oxygen atoms in total. The fraction of sp³-hybridized carbons (Fsp3) is 0.231. The van der Waals surface area contributed by atoms with Gasteiger partial charge in [0, 0.05) is 6.42 Å². The van der Waals surface area contributed by atoms with Crippen molar-refractivity contribution in [2.75, 3.05) is 5.32 Å². The van der Waals surface area contributed by atoms with E-state index in [-0.39, 0.29) is 17.1 Å². The maximum absolute atomic E-state index is 12.0. The molecule has 21 heavy (non-hydrogen) atoms. The number of hydrogen-bond acceptors (Lipinski definition) is 5. The first kappa shape index (κ1) is 14.5. The minimum atomic E-state index is -1.29. The van der Waals surface area contributed by atoms with E-state index < -0.39 is 17.6 Å². The van der Waals surface area contributed by atoms with Crippen molar-refractivity contribution in [2.24, 2.45) is 0 Å². The van der Waals surface area contributed by atoms with E-state index in [0.717, 1.165) is 6.42 Å². The maximum atomic E-state index is 12.0. The van der Waals surface area contributed by atoms with Gasteiger partial charge in [-0.1, -0.05) is 13.0 Å². The molecular formula is C13H14N4O4. The van der Waals surface area contributed by atoms with Gasteiger partial charge in [0.1, 0.15) is 11.4 Å². The van der Waals surface area contributed by atoms with E-state index in [2.05, 4.69) is 20.5 Å². The Bertz CT molecular complexity index is 681. The number of hydrogen-bond donors (Lipinski definition) is 4. The molecule has 4 N–H and O–H groups in total. The summed E-state index contributed by atoms with van der Waals surface area (Å²) in [6.45, 7) is 1.97. The second-order valence-electron chi connectivity index (χ2n) is 4.32. The van der Waals surface area contributed by atoms with E-state index in [4.69, 9.17) is 5.11 Å². The normalized spacial score (nSPS) is 10.3. The van der Waals surface area contributed by atoms with Gasteiger partial charge in [0.25, 0.3) is 5.91 Å². The second-order valence-corrected chi connectivity index (χ2v) is 4.32. The number of amides is 1. The van der Waals surface area contributed by atoms with Gasteiger partial charge in [-0.2, -0.15) is 0 Å². The monoisotopic (exact) mass is 290 g/mol. The van der Waals surface area contributed by atoms with Crippen LogP contribution in [0.2, 0.25) is 0 Å². The van der Waals surface area contributed by atoms with Crippen LogP contribution >= 0.6 is 0 Å². The molecule has 0 atom stereocenters. The van der Waals surface area contributed by atoms with Gasteiger partial charge in [-0.3, -0.25) is 9.89 Å². The third-order valence-corrected chi connectivity index (χ3v) is 2.74. The summed E-state index contributed by atoms with van der Waals surface area (Å²) >= 11 is 0. The van der Waals surface area contributed by atoms with E-state index in [1.54, 1.807) is 0 Å². The molecule has 0 spiro atoms. The largest absolute Gasteiger partial charge is 0.505 e. The maximum Gasteiger partial charge on any atom is 0.339 e. The molecule has 0 unspecified atom stereocenters. The Morgan fingerprint density at radius 1 is 1.38 bits per heavy atom. The Kier molecular flexibility index (Phi) is 4.17. The number of carboxylic acid groups (broad SMARTS) is 1. The molecule has 2 rings (SSSR count). The molecular weight excluding hydrogens is 276 g/mol. The van der Waals surface area contributed by atoms with Crippen LogP contribution in [0, 0.1) is 0 Å². The number of phenols is 1. The Morgan fingerprint density at radius 3 is 2.81 bits per heavy atom. The molecule has 8 heteroatoms. The molecule has 1 aromatic carbocycles. The molecule has 0 aliphatic heterocycles. The average Bonchev–Trinajstić information content (AvgIpc) is 2.90. The summed E-state index contributed by atoms with van der Waals surface area (Å²) in [6.07, 6.45) is 1.53. The van der Waals surface area contributed by atoms with E-state index in [1.165, 1.54) is 18.2 Å². The molecule has 1 heterocycles. The van der Waals surface area contributed by atoms with Gasteiger partial charge < -0.3 is 15.5 Å². The van der Waals surface area contributed by atoms with Crippen LogP contribution in [0.3, 0.4) is 0 Å². The summed E-state index contributed by atoms with van der Waals surface area (Å²) in [4.78, 5) is 26.9. The number of benzene rings is 1. The molecule has 2 aromatic rings. The zero-order valence-electron chi connectivity index (χ0n) is 11.3. The van der Waals surface area contributed by atoms with Crippen LogP contribution < -0.4 is 5.32 Å². The first-order chi connectivity index (χ1) is 10.0. The van der Waals surface area contributed by atoms with Crippen molar-refractivity contribution in [1.82, 2.24) is 15.2 Å². The van der Waals surface area contributed by atoms with Crippen molar-refractivity contribution in [3.05, 3.63) is 35.4 Å². The highest BCUT2D eigenvalue weighted by Gasteiger charge is 2.17. The number of aromatic amines is 1. The molecule has 0 aliphatic carbocycles. The van der Waals surface area contributed by atoms with Crippen LogP contribution in [-0.4, -0.2) is 37.3 Å². The zero-order valence-corrected chi connectivity index (χ0v) is 11.3. The molecule has 0 aliphatic rings. The van der Waals surface area contributed by atoms with Gasteiger partial charge in [0.15, 0.2) is 5.75 Å². The predicted octanol–water partition coefficient (Wildman–Crippen LogP) is 1.41. The number of carboxylic acids is 1. The molecule has 0 fully saturated rings. The topological polar surface area (TPSA) is 128 Å². The fourth-order valence-corrected chi connectivity index (χ4v) is 1.74. The summed E-state index contributed by atoms with van der Waals surface area (Å²) in [6, 6.07) is 4.04. The second kappa shape index (κ2) is 6.04. The van der Waals surface area contributed by atoms with Crippen LogP contribution in [0.4, 0.5) is 5.69 Å². The van der Waals surface area contributed by atoms with Crippen LogP contribution in [0.25, 0.3) is 0 Å². The molecule has 110 valence electrons. The van der Waals surface area contributed by atoms with Crippen molar-refractivity contribution in [3.63, 3.8) is 0 Å². The van der Waals surface area contributed by atoms with Crippen molar-refractivity contribution in [2.45, 2.75) is 19.8 Å². The van der Waals surface area contributed by atoms with E-state index in [0.29, 0.717) is 12.2 Å². The lowest BCUT2D eigenvalue weighted by Gasteiger charge is -2.07. The first-order valence-electron chi connectivity index (χ1n) is 6.30. The van der Waals surface area contributed by atoms with Gasteiger partial charge in [-0.05, 0) is 18.6 Å². The summed E-state index contributed by atoms with van der Waals surface area (Å²) in [7, 11) is 0. The van der Waals surface area contributed by atoms with Crippen LogP contribution in [0.1, 0.15) is 40.1 Å². The van der Waals surface area contributed by atoms with E-state index >= 15 is 0 Å². The molecule has 1 amide bonds. The third kappa shape index (κ3) is 3.16. The van der Waals surface area contributed by atoms with Gasteiger partial charge in [0.05, 0.1) is 5.69 Å². The summed E-state index contributed by atoms with van der Waals surface area (Å²) in [5.41, 5.74) is -0.309. The summed E-state index contributed by atoms with van der Waals surface area (Å²) in [5.74, 6) is -1.91. The van der Waals surface area contributed by atoms with Gasteiger partial charge in [-0.25, -0.2) is 9.78 Å². The van der Waals surface area contributed by atoms with Gasteiger partial charge >= 0.3 is 5.97 Å². The van der Waals surface area contributed by atoms with Gasteiger partial charge in [-0.15, -0.1) is 5.10 Å². The lowest BCUT2D eigenvalue weighted by Crippen LogP contribution is -2.14. The minimum absolute atomic E-state index is 0.0123. The number of aromatic hydroxyl groups is 1. The number of aryl methyl sites for hydroxylation is 1. The van der Waals surface area contributed by atoms with Crippen molar-refractivity contribution in [1.29, 1.82) is 0 Å². The number of H-pyrrole nitrogens is 1. The van der Waals surface area contributed by atoms with E-state index in [1.807, 2.05) is 6.92 Å². The lowest BCUT2D eigenvalue weighted by atomic mass is 10.1. The molecule has 1 aromatic heterocycles. The Morgan fingerprint density at radius 2 is 2.14 bits per heavy atom. The standard InChI is InChI=1S/C13H14N4O4/c1-2-4-9-15-11(17-16-9)12(19)14-8-6-3-5-7(10(8)18)13(20)21/h3,5-6,18H,2,4H2,1H3,(H,14,19)(H,20,21)(H,15,16,17). The number of rotatable bonds is 5. The number of aromatic carboxylic acids is 1. The van der Waals surface area contributed by atoms with E-state index in [9.17, 15) is 14.7 Å². The zero-order chi connectivity index (χ0) is 15.4. The molecule has 0 saturated heterocycles. The summed E-state index contributed by atoms with van der Waals surface area (Å²) in [5, 5.41) is 27.5. The van der Waals surface area contributed by atoms with Crippen molar-refractivity contribution < 1.29 is 19.8 Å². The number of nitrogens with one attached hydrogen (secondary N) is 2. The first-order valence-corrected chi connectivity index (χ1v) is 6.30. The van der Waals surface area contributed by atoms with Crippen LogP contribution in [-0.2, 0) is 6.42 Å². The number of para-hydroxylation sites is 1. The quantitative estimate of drug-likeness (QED) is 0.616.